The lowest BCUT2D eigenvalue weighted by molar-refractivity contribution is -0.123. The van der Waals surface area contributed by atoms with Crippen molar-refractivity contribution in [3.8, 4) is 34.5 Å². The largest absolute Gasteiger partial charge is 0.496 e. The molecule has 0 bridgehead atoms. The summed E-state index contributed by atoms with van der Waals surface area (Å²) in [5.41, 5.74) is 0.747. The highest BCUT2D eigenvalue weighted by molar-refractivity contribution is 5.77. The molecule has 0 fully saturated rings. The topological polar surface area (TPSA) is 84.5 Å². The van der Waals surface area contributed by atoms with Crippen molar-refractivity contribution < 1.29 is 33.2 Å². The third kappa shape index (κ3) is 5.12. The Kier molecular flexibility index (Phi) is 7.62. The maximum Gasteiger partial charge on any atom is 0.258 e. The molecule has 8 heteroatoms. The van der Waals surface area contributed by atoms with Gasteiger partial charge in [0.2, 0.25) is 5.75 Å². The fourth-order valence-corrected chi connectivity index (χ4v) is 2.56. The highest BCUT2D eigenvalue weighted by Crippen LogP contribution is 2.39. The first-order valence-electron chi connectivity index (χ1n) is 8.46. The number of ether oxygens (including phenoxy) is 6. The van der Waals surface area contributed by atoms with E-state index in [9.17, 15) is 4.79 Å². The average molecular weight is 391 g/mol. The summed E-state index contributed by atoms with van der Waals surface area (Å²) >= 11 is 0. The fraction of sp³-hybridized carbons (Fsp3) is 0.350. The second kappa shape index (κ2) is 10.1. The first kappa shape index (κ1) is 21.0. The number of benzene rings is 2. The molecule has 28 heavy (non-hydrogen) atoms. The van der Waals surface area contributed by atoms with Crippen molar-refractivity contribution in [2.75, 3.05) is 42.2 Å². The van der Waals surface area contributed by atoms with Crippen LogP contribution in [0.15, 0.2) is 30.3 Å². The van der Waals surface area contributed by atoms with Crippen LogP contribution in [0.3, 0.4) is 0 Å². The summed E-state index contributed by atoms with van der Waals surface area (Å²) in [4.78, 5) is 12.2. The molecule has 2 rings (SSSR count). The molecule has 0 aliphatic carbocycles. The molecule has 8 nitrogen and oxygen atoms in total. The van der Waals surface area contributed by atoms with Gasteiger partial charge >= 0.3 is 0 Å². The van der Waals surface area contributed by atoms with Gasteiger partial charge in [0, 0.05) is 30.3 Å². The van der Waals surface area contributed by atoms with Crippen LogP contribution in [-0.2, 0) is 11.3 Å². The summed E-state index contributed by atoms with van der Waals surface area (Å²) in [6.07, 6.45) is 0. The zero-order valence-electron chi connectivity index (χ0n) is 16.7. The molecule has 0 saturated carbocycles. The summed E-state index contributed by atoms with van der Waals surface area (Å²) in [5.74, 6) is 2.84. The summed E-state index contributed by atoms with van der Waals surface area (Å²) in [6, 6.07) is 8.62. The van der Waals surface area contributed by atoms with Crippen LogP contribution >= 0.6 is 0 Å². The number of carbonyl (C=O) groups is 1. The van der Waals surface area contributed by atoms with Crippen molar-refractivity contribution in [2.24, 2.45) is 0 Å². The van der Waals surface area contributed by atoms with Gasteiger partial charge < -0.3 is 33.7 Å². The van der Waals surface area contributed by atoms with E-state index < -0.39 is 0 Å². The Morgan fingerprint density at radius 3 is 1.93 bits per heavy atom. The standard InChI is InChI=1S/C20H25NO7/c1-23-14-8-15(24-2)10-16(9-14)28-12-18(22)21-11-13-6-7-17(25-3)20(27-5)19(13)26-4/h6-10H,11-12H2,1-5H3,(H,21,22). The number of methoxy groups -OCH3 is 5. The average Bonchev–Trinajstić information content (AvgIpc) is 2.74. The lowest BCUT2D eigenvalue weighted by atomic mass is 10.1. The number of carbonyl (C=O) groups excluding carboxylic acids is 1. The third-order valence-corrected chi connectivity index (χ3v) is 3.96. The van der Waals surface area contributed by atoms with Gasteiger partial charge in [0.25, 0.3) is 5.91 Å². The van der Waals surface area contributed by atoms with Gasteiger partial charge in [0.15, 0.2) is 18.1 Å². The molecule has 2 aromatic rings. The molecule has 0 aliphatic heterocycles. The first-order chi connectivity index (χ1) is 13.6. The maximum absolute atomic E-state index is 12.2. The van der Waals surface area contributed by atoms with E-state index in [1.165, 1.54) is 14.2 Å². The van der Waals surface area contributed by atoms with Gasteiger partial charge in [-0.1, -0.05) is 0 Å². The highest BCUT2D eigenvalue weighted by atomic mass is 16.5. The van der Waals surface area contributed by atoms with Crippen LogP contribution < -0.4 is 33.7 Å². The van der Waals surface area contributed by atoms with E-state index in [1.807, 2.05) is 0 Å². The Morgan fingerprint density at radius 2 is 1.39 bits per heavy atom. The summed E-state index contributed by atoms with van der Waals surface area (Å²) in [5, 5.41) is 2.79. The third-order valence-electron chi connectivity index (χ3n) is 3.96. The SMILES string of the molecule is COc1cc(OC)cc(OCC(=O)NCc2ccc(OC)c(OC)c2OC)c1. The van der Waals surface area contributed by atoms with Crippen molar-refractivity contribution in [2.45, 2.75) is 6.54 Å². The molecule has 0 radical (unpaired) electrons. The van der Waals surface area contributed by atoms with Crippen LogP contribution in [0, 0.1) is 0 Å². The monoisotopic (exact) mass is 391 g/mol. The van der Waals surface area contributed by atoms with Crippen LogP contribution in [0.25, 0.3) is 0 Å². The molecule has 0 unspecified atom stereocenters. The fourth-order valence-electron chi connectivity index (χ4n) is 2.56. The first-order valence-corrected chi connectivity index (χ1v) is 8.46. The van der Waals surface area contributed by atoms with Gasteiger partial charge in [0.05, 0.1) is 35.5 Å². The molecule has 2 aromatic carbocycles. The smallest absolute Gasteiger partial charge is 0.258 e. The number of hydrogen-bond acceptors (Lipinski definition) is 7. The van der Waals surface area contributed by atoms with Gasteiger partial charge in [0.1, 0.15) is 17.2 Å². The van der Waals surface area contributed by atoms with Crippen molar-refractivity contribution in [3.63, 3.8) is 0 Å². The van der Waals surface area contributed by atoms with E-state index in [1.54, 1.807) is 51.7 Å². The molecular weight excluding hydrogens is 366 g/mol. The second-order valence-corrected chi connectivity index (χ2v) is 5.61. The van der Waals surface area contributed by atoms with Gasteiger partial charge in [-0.05, 0) is 12.1 Å². The second-order valence-electron chi connectivity index (χ2n) is 5.61. The van der Waals surface area contributed by atoms with E-state index in [-0.39, 0.29) is 19.1 Å². The number of nitrogens with one attached hydrogen (secondary N) is 1. The predicted molar refractivity (Wildman–Crippen MR) is 103 cm³/mol. The van der Waals surface area contributed by atoms with Crippen LogP contribution in [0.5, 0.6) is 34.5 Å². The quantitative estimate of drug-likeness (QED) is 0.666. The summed E-state index contributed by atoms with van der Waals surface area (Å²) < 4.78 is 31.9. The molecule has 0 spiro atoms. The van der Waals surface area contributed by atoms with Crippen LogP contribution in [0.4, 0.5) is 0 Å². The van der Waals surface area contributed by atoms with Crippen LogP contribution in [-0.4, -0.2) is 48.1 Å². The van der Waals surface area contributed by atoms with Gasteiger partial charge in [-0.15, -0.1) is 0 Å². The number of hydrogen-bond donors (Lipinski definition) is 1. The van der Waals surface area contributed by atoms with E-state index in [4.69, 9.17) is 28.4 Å². The van der Waals surface area contributed by atoms with Crippen LogP contribution in [0.1, 0.15) is 5.56 Å². The van der Waals surface area contributed by atoms with Gasteiger partial charge in [-0.3, -0.25) is 4.79 Å². The number of amides is 1. The van der Waals surface area contributed by atoms with E-state index >= 15 is 0 Å². The van der Waals surface area contributed by atoms with Crippen molar-refractivity contribution in [3.05, 3.63) is 35.9 Å². The Hall–Kier alpha value is -3.29. The molecule has 1 N–H and O–H groups in total. The zero-order chi connectivity index (χ0) is 20.5. The lowest BCUT2D eigenvalue weighted by Crippen LogP contribution is -2.28. The maximum atomic E-state index is 12.2. The molecule has 152 valence electrons. The minimum atomic E-state index is -0.293. The molecule has 0 aromatic heterocycles. The van der Waals surface area contributed by atoms with E-state index in [2.05, 4.69) is 5.32 Å². The van der Waals surface area contributed by atoms with Crippen molar-refractivity contribution in [1.82, 2.24) is 5.32 Å². The number of rotatable bonds is 10. The predicted octanol–water partition coefficient (Wildman–Crippen LogP) is 2.42. The molecule has 0 heterocycles. The Balaban J connectivity index is 2.00. The van der Waals surface area contributed by atoms with E-state index in [0.717, 1.165) is 5.56 Å². The molecule has 1 amide bonds. The highest BCUT2D eigenvalue weighted by Gasteiger charge is 2.16. The Morgan fingerprint density at radius 1 is 0.786 bits per heavy atom. The van der Waals surface area contributed by atoms with Crippen LogP contribution in [0.2, 0.25) is 0 Å². The minimum absolute atomic E-state index is 0.161. The molecule has 0 saturated heterocycles. The van der Waals surface area contributed by atoms with Gasteiger partial charge in [-0.25, -0.2) is 0 Å². The molecule has 0 atom stereocenters. The van der Waals surface area contributed by atoms with Gasteiger partial charge in [-0.2, -0.15) is 0 Å². The minimum Gasteiger partial charge on any atom is -0.496 e. The van der Waals surface area contributed by atoms with Crippen molar-refractivity contribution in [1.29, 1.82) is 0 Å². The zero-order valence-corrected chi connectivity index (χ0v) is 16.7. The molecule has 0 aliphatic rings. The summed E-state index contributed by atoms with van der Waals surface area (Å²) in [7, 11) is 7.69. The lowest BCUT2D eigenvalue weighted by Gasteiger charge is -2.16. The summed E-state index contributed by atoms with van der Waals surface area (Å²) in [6.45, 7) is 0.0824. The molecular formula is C20H25NO7. The Labute approximate surface area is 164 Å². The van der Waals surface area contributed by atoms with E-state index in [0.29, 0.717) is 34.5 Å². The van der Waals surface area contributed by atoms with Crippen molar-refractivity contribution >= 4 is 5.91 Å². The normalized spacial score (nSPS) is 10.0. The Bertz CT molecular complexity index is 785.